The summed E-state index contributed by atoms with van der Waals surface area (Å²) in [5.41, 5.74) is 2.74. The normalized spacial score (nSPS) is 26.9. The Balaban J connectivity index is 1.99. The van der Waals surface area contributed by atoms with Gasteiger partial charge in [-0.15, -0.1) is 0 Å². The van der Waals surface area contributed by atoms with Gasteiger partial charge in [0.15, 0.2) is 0 Å². The molecule has 0 bridgehead atoms. The van der Waals surface area contributed by atoms with Crippen LogP contribution >= 0.6 is 0 Å². The van der Waals surface area contributed by atoms with Crippen molar-refractivity contribution in [2.75, 3.05) is 6.54 Å². The molecule has 0 aliphatic carbocycles. The van der Waals surface area contributed by atoms with E-state index < -0.39 is 0 Å². The summed E-state index contributed by atoms with van der Waals surface area (Å²) < 4.78 is 1.89. The fourth-order valence-electron chi connectivity index (χ4n) is 3.22. The first kappa shape index (κ1) is 12.2. The first-order chi connectivity index (χ1) is 9.13. The molecule has 1 N–H and O–H groups in total. The van der Waals surface area contributed by atoms with E-state index in [4.69, 9.17) is 5.26 Å². The van der Waals surface area contributed by atoms with Crippen molar-refractivity contribution < 1.29 is 4.79 Å². The number of nitrogens with zero attached hydrogens (tertiary/aromatic N) is 3. The number of amides is 1. The molecule has 0 saturated carbocycles. The van der Waals surface area contributed by atoms with E-state index in [0.29, 0.717) is 5.69 Å². The van der Waals surface area contributed by atoms with Crippen LogP contribution in [0, 0.1) is 18.3 Å². The highest BCUT2D eigenvalue weighted by atomic mass is 16.2. The Morgan fingerprint density at radius 3 is 2.95 bits per heavy atom. The quantitative estimate of drug-likeness (QED) is 0.823. The maximum atomic E-state index is 12.0. The van der Waals surface area contributed by atoms with E-state index in [0.717, 1.165) is 37.1 Å². The Morgan fingerprint density at radius 2 is 2.26 bits per heavy atom. The van der Waals surface area contributed by atoms with Crippen LogP contribution in [0.1, 0.15) is 42.4 Å². The third kappa shape index (κ3) is 1.75. The molecule has 2 fully saturated rings. The highest BCUT2D eigenvalue weighted by Gasteiger charge is 2.42. The number of piperidine rings is 1. The van der Waals surface area contributed by atoms with E-state index in [9.17, 15) is 4.79 Å². The number of carbonyl (C=O) groups excluding carboxylic acids is 1. The molecule has 2 atom stereocenters. The lowest BCUT2D eigenvalue weighted by Crippen LogP contribution is -2.38. The van der Waals surface area contributed by atoms with Crippen molar-refractivity contribution in [2.45, 2.75) is 38.4 Å². The van der Waals surface area contributed by atoms with Gasteiger partial charge in [-0.3, -0.25) is 9.69 Å². The zero-order valence-corrected chi connectivity index (χ0v) is 11.3. The monoisotopic (exact) mass is 258 g/mol. The third-order valence-corrected chi connectivity index (χ3v) is 4.44. The SMILES string of the molecule is Cc1c([C@@H]2NC(=O)[C@@H]3CCCCN32)cc(C#N)n1C. The van der Waals surface area contributed by atoms with Crippen LogP contribution in [0.15, 0.2) is 6.07 Å². The fraction of sp³-hybridized carbons (Fsp3) is 0.571. The molecule has 5 nitrogen and oxygen atoms in total. The van der Waals surface area contributed by atoms with Crippen LogP contribution in [0.5, 0.6) is 0 Å². The van der Waals surface area contributed by atoms with Crippen molar-refractivity contribution >= 4 is 5.91 Å². The highest BCUT2D eigenvalue weighted by Crippen LogP contribution is 2.34. The van der Waals surface area contributed by atoms with Gasteiger partial charge in [0, 0.05) is 24.8 Å². The summed E-state index contributed by atoms with van der Waals surface area (Å²) in [4.78, 5) is 14.3. The van der Waals surface area contributed by atoms with Gasteiger partial charge < -0.3 is 9.88 Å². The minimum Gasteiger partial charge on any atom is -0.340 e. The van der Waals surface area contributed by atoms with Crippen molar-refractivity contribution in [3.05, 3.63) is 23.0 Å². The van der Waals surface area contributed by atoms with Crippen molar-refractivity contribution in [2.24, 2.45) is 7.05 Å². The van der Waals surface area contributed by atoms with Crippen LogP contribution in [0.25, 0.3) is 0 Å². The summed E-state index contributed by atoms with van der Waals surface area (Å²) in [7, 11) is 1.89. The number of hydrogen-bond donors (Lipinski definition) is 1. The summed E-state index contributed by atoms with van der Waals surface area (Å²) in [6.07, 6.45) is 3.14. The van der Waals surface area contributed by atoms with Crippen LogP contribution in [0.2, 0.25) is 0 Å². The van der Waals surface area contributed by atoms with Gasteiger partial charge in [-0.25, -0.2) is 0 Å². The Hall–Kier alpha value is -1.80. The second-order valence-electron chi connectivity index (χ2n) is 5.40. The number of fused-ring (bicyclic) bond motifs is 1. The minimum absolute atomic E-state index is 0.0175. The molecule has 1 aromatic rings. The Bertz CT molecular complexity index is 569. The van der Waals surface area contributed by atoms with Crippen molar-refractivity contribution in [3.63, 3.8) is 0 Å². The highest BCUT2D eigenvalue weighted by molar-refractivity contribution is 5.84. The van der Waals surface area contributed by atoms with Crippen LogP contribution in [0.4, 0.5) is 0 Å². The molecule has 5 heteroatoms. The van der Waals surface area contributed by atoms with Crippen molar-refractivity contribution in [3.8, 4) is 6.07 Å². The lowest BCUT2D eigenvalue weighted by molar-refractivity contribution is -0.122. The largest absolute Gasteiger partial charge is 0.340 e. The Morgan fingerprint density at radius 1 is 1.47 bits per heavy atom. The number of aromatic nitrogens is 1. The molecule has 0 spiro atoms. The van der Waals surface area contributed by atoms with E-state index >= 15 is 0 Å². The van der Waals surface area contributed by atoms with E-state index in [1.807, 2.05) is 24.6 Å². The Kier molecular flexibility index (Phi) is 2.83. The van der Waals surface area contributed by atoms with Gasteiger partial charge in [0.1, 0.15) is 17.9 Å². The number of rotatable bonds is 1. The smallest absolute Gasteiger partial charge is 0.238 e. The third-order valence-electron chi connectivity index (χ3n) is 4.44. The zero-order chi connectivity index (χ0) is 13.6. The molecule has 2 saturated heterocycles. The number of nitriles is 1. The molecule has 2 aliphatic heterocycles. The topological polar surface area (TPSA) is 61.1 Å². The first-order valence-electron chi connectivity index (χ1n) is 6.76. The maximum Gasteiger partial charge on any atom is 0.238 e. The van der Waals surface area contributed by atoms with Crippen molar-refractivity contribution in [1.29, 1.82) is 5.26 Å². The predicted octanol–water partition coefficient (Wildman–Crippen LogP) is 1.19. The first-order valence-corrected chi connectivity index (χ1v) is 6.76. The lowest BCUT2D eigenvalue weighted by Gasteiger charge is -2.31. The van der Waals surface area contributed by atoms with Crippen LogP contribution in [-0.2, 0) is 11.8 Å². The predicted molar refractivity (Wildman–Crippen MR) is 70.1 cm³/mol. The van der Waals surface area contributed by atoms with Crippen LogP contribution < -0.4 is 5.32 Å². The van der Waals surface area contributed by atoms with E-state index in [-0.39, 0.29) is 18.1 Å². The minimum atomic E-state index is -0.0638. The zero-order valence-electron chi connectivity index (χ0n) is 11.3. The summed E-state index contributed by atoms with van der Waals surface area (Å²) in [5, 5.41) is 12.2. The fourth-order valence-corrected chi connectivity index (χ4v) is 3.22. The standard InChI is InChI=1S/C14H18N4O/c1-9-11(7-10(8-15)17(9)2)13-16-14(19)12-5-3-4-6-18(12)13/h7,12-13H,3-6H2,1-2H3,(H,16,19)/t12-,13+/m0/s1. The summed E-state index contributed by atoms with van der Waals surface area (Å²) in [5.74, 6) is 0.131. The van der Waals surface area contributed by atoms with Gasteiger partial charge in [-0.05, 0) is 25.8 Å². The second-order valence-corrected chi connectivity index (χ2v) is 5.40. The average molecular weight is 258 g/mol. The molecule has 0 radical (unpaired) electrons. The Labute approximate surface area is 112 Å². The van der Waals surface area contributed by atoms with E-state index in [1.54, 1.807) is 0 Å². The van der Waals surface area contributed by atoms with Gasteiger partial charge >= 0.3 is 0 Å². The number of nitrogens with one attached hydrogen (secondary N) is 1. The van der Waals surface area contributed by atoms with Gasteiger partial charge in [-0.2, -0.15) is 5.26 Å². The molecule has 19 heavy (non-hydrogen) atoms. The molecular weight excluding hydrogens is 240 g/mol. The maximum absolute atomic E-state index is 12.0. The van der Waals surface area contributed by atoms with Gasteiger partial charge in [0.05, 0.1) is 6.04 Å². The van der Waals surface area contributed by atoms with E-state index in [1.165, 1.54) is 0 Å². The molecular formula is C14H18N4O. The number of hydrogen-bond acceptors (Lipinski definition) is 3. The molecule has 1 aromatic heterocycles. The average Bonchev–Trinajstić information content (AvgIpc) is 2.90. The summed E-state index contributed by atoms with van der Waals surface area (Å²) in [6.45, 7) is 2.95. The molecule has 1 amide bonds. The van der Waals surface area contributed by atoms with Gasteiger partial charge in [-0.1, -0.05) is 6.42 Å². The summed E-state index contributed by atoms with van der Waals surface area (Å²) in [6, 6.07) is 4.11. The van der Waals surface area contributed by atoms with Crippen LogP contribution in [0.3, 0.4) is 0 Å². The second kappa shape index (κ2) is 4.39. The molecule has 3 heterocycles. The van der Waals surface area contributed by atoms with E-state index in [2.05, 4.69) is 16.3 Å². The molecule has 0 aromatic carbocycles. The number of carbonyl (C=O) groups is 1. The molecule has 2 aliphatic rings. The molecule has 0 unspecified atom stereocenters. The summed E-state index contributed by atoms with van der Waals surface area (Å²) >= 11 is 0. The van der Waals surface area contributed by atoms with Gasteiger partial charge in [0.2, 0.25) is 5.91 Å². The van der Waals surface area contributed by atoms with Crippen LogP contribution in [-0.4, -0.2) is 28.0 Å². The molecule has 3 rings (SSSR count). The van der Waals surface area contributed by atoms with Gasteiger partial charge in [0.25, 0.3) is 0 Å². The van der Waals surface area contributed by atoms with Crippen molar-refractivity contribution in [1.82, 2.24) is 14.8 Å². The lowest BCUT2D eigenvalue weighted by atomic mass is 10.0. The molecule has 100 valence electrons.